The van der Waals surface area contributed by atoms with Crippen LogP contribution in [0, 0.1) is 13.8 Å². The predicted molar refractivity (Wildman–Crippen MR) is 118 cm³/mol. The molecule has 0 fully saturated rings. The summed E-state index contributed by atoms with van der Waals surface area (Å²) < 4.78 is 11.0. The van der Waals surface area contributed by atoms with E-state index < -0.39 is 0 Å². The topological polar surface area (TPSA) is 79.9 Å². The predicted octanol–water partition coefficient (Wildman–Crippen LogP) is 2.77. The third-order valence-corrected chi connectivity index (χ3v) is 4.52. The van der Waals surface area contributed by atoms with Crippen LogP contribution in [0.2, 0.25) is 0 Å². The fourth-order valence-electron chi connectivity index (χ4n) is 2.91. The summed E-state index contributed by atoms with van der Waals surface area (Å²) in [6.07, 6.45) is 0.797. The third kappa shape index (κ3) is 7.75. The number of nitrogens with zero attached hydrogens (tertiary/aromatic N) is 1. The molecule has 2 amide bonds. The van der Waals surface area contributed by atoms with Crippen molar-refractivity contribution < 1.29 is 19.1 Å². The van der Waals surface area contributed by atoms with Crippen molar-refractivity contribution >= 4 is 17.5 Å². The van der Waals surface area contributed by atoms with Crippen LogP contribution in [-0.2, 0) is 9.59 Å². The standard InChI is InChI=1S/C23H31N3O4/c1-17-10-11-21(29-4)19(14-17)25-22(27)15-24-23(28)16-26(3)12-7-13-30-20-9-6-5-8-18(20)2/h5-6,8-11,14H,7,12-13,15-16H2,1-4H3,(H,24,28)(H,25,27). The van der Waals surface area contributed by atoms with E-state index in [2.05, 4.69) is 10.6 Å². The first-order valence-electron chi connectivity index (χ1n) is 9.97. The van der Waals surface area contributed by atoms with Gasteiger partial charge in [0, 0.05) is 6.54 Å². The summed E-state index contributed by atoms with van der Waals surface area (Å²) in [5.74, 6) is 0.951. The maximum atomic E-state index is 12.1. The van der Waals surface area contributed by atoms with Crippen LogP contribution < -0.4 is 20.1 Å². The minimum atomic E-state index is -0.304. The molecule has 2 aromatic carbocycles. The zero-order valence-corrected chi connectivity index (χ0v) is 18.2. The molecule has 7 nitrogen and oxygen atoms in total. The number of hydrogen-bond acceptors (Lipinski definition) is 5. The second kappa shape index (κ2) is 11.8. The van der Waals surface area contributed by atoms with Gasteiger partial charge in [0.2, 0.25) is 11.8 Å². The first-order chi connectivity index (χ1) is 14.4. The molecule has 0 saturated heterocycles. The van der Waals surface area contributed by atoms with Crippen LogP contribution >= 0.6 is 0 Å². The molecule has 2 rings (SSSR count). The number of rotatable bonds is 11. The highest BCUT2D eigenvalue weighted by Crippen LogP contribution is 2.24. The Morgan fingerprint density at radius 1 is 1.03 bits per heavy atom. The largest absolute Gasteiger partial charge is 0.495 e. The van der Waals surface area contributed by atoms with Gasteiger partial charge in [0.1, 0.15) is 11.5 Å². The average molecular weight is 414 g/mol. The number of para-hydroxylation sites is 1. The van der Waals surface area contributed by atoms with Gasteiger partial charge in [0.05, 0.1) is 32.5 Å². The summed E-state index contributed by atoms with van der Waals surface area (Å²) in [6, 6.07) is 13.4. The second-order valence-electron chi connectivity index (χ2n) is 7.23. The smallest absolute Gasteiger partial charge is 0.243 e. The van der Waals surface area contributed by atoms with Crippen LogP contribution in [0.4, 0.5) is 5.69 Å². The summed E-state index contributed by atoms with van der Waals surface area (Å²) in [4.78, 5) is 26.1. The van der Waals surface area contributed by atoms with Crippen molar-refractivity contribution in [2.45, 2.75) is 20.3 Å². The van der Waals surface area contributed by atoms with Crippen molar-refractivity contribution in [2.75, 3.05) is 45.7 Å². The van der Waals surface area contributed by atoms with Gasteiger partial charge in [-0.3, -0.25) is 14.5 Å². The SMILES string of the molecule is COc1ccc(C)cc1NC(=O)CNC(=O)CN(C)CCCOc1ccccc1C. The van der Waals surface area contributed by atoms with Crippen molar-refractivity contribution in [3.05, 3.63) is 53.6 Å². The number of amides is 2. The molecule has 0 aliphatic heterocycles. The van der Waals surface area contributed by atoms with Crippen molar-refractivity contribution in [1.29, 1.82) is 0 Å². The molecule has 0 aromatic heterocycles. The maximum Gasteiger partial charge on any atom is 0.243 e. The van der Waals surface area contributed by atoms with E-state index in [1.807, 2.05) is 62.2 Å². The van der Waals surface area contributed by atoms with Gasteiger partial charge in [-0.25, -0.2) is 0 Å². The lowest BCUT2D eigenvalue weighted by atomic mass is 10.2. The molecule has 0 bridgehead atoms. The van der Waals surface area contributed by atoms with Gasteiger partial charge in [0.15, 0.2) is 0 Å². The molecule has 2 aromatic rings. The third-order valence-electron chi connectivity index (χ3n) is 4.52. The lowest BCUT2D eigenvalue weighted by molar-refractivity contribution is -0.124. The van der Waals surface area contributed by atoms with Crippen LogP contribution in [0.5, 0.6) is 11.5 Å². The zero-order valence-electron chi connectivity index (χ0n) is 18.2. The number of likely N-dealkylation sites (N-methyl/N-ethyl adjacent to an activating group) is 1. The van der Waals surface area contributed by atoms with Crippen LogP contribution in [0.25, 0.3) is 0 Å². The lowest BCUT2D eigenvalue weighted by Gasteiger charge is -2.17. The number of methoxy groups -OCH3 is 1. The molecule has 0 unspecified atom stereocenters. The molecule has 30 heavy (non-hydrogen) atoms. The number of carbonyl (C=O) groups excluding carboxylic acids is 2. The normalized spacial score (nSPS) is 10.6. The first-order valence-corrected chi connectivity index (χ1v) is 9.97. The summed E-state index contributed by atoms with van der Waals surface area (Å²) in [5.41, 5.74) is 2.69. The van der Waals surface area contributed by atoms with E-state index in [-0.39, 0.29) is 24.9 Å². The Kier molecular flexibility index (Phi) is 9.15. The quantitative estimate of drug-likeness (QED) is 0.554. The number of hydrogen-bond donors (Lipinski definition) is 2. The van der Waals surface area contributed by atoms with E-state index in [9.17, 15) is 9.59 Å². The number of ether oxygens (including phenoxy) is 2. The average Bonchev–Trinajstić information content (AvgIpc) is 2.71. The van der Waals surface area contributed by atoms with E-state index in [1.54, 1.807) is 13.2 Å². The Bertz CT molecular complexity index is 854. The second-order valence-corrected chi connectivity index (χ2v) is 7.23. The van der Waals surface area contributed by atoms with Crippen LogP contribution in [0.3, 0.4) is 0 Å². The Labute approximate surface area is 178 Å². The maximum absolute atomic E-state index is 12.1. The number of carbonyl (C=O) groups is 2. The number of nitrogens with one attached hydrogen (secondary N) is 2. The van der Waals surface area contributed by atoms with Crippen LogP contribution in [-0.4, -0.2) is 57.1 Å². The zero-order chi connectivity index (χ0) is 21.9. The van der Waals surface area contributed by atoms with E-state index >= 15 is 0 Å². The summed E-state index contributed by atoms with van der Waals surface area (Å²) in [6.45, 7) is 5.35. The molecule has 2 N–H and O–H groups in total. The van der Waals surface area contributed by atoms with Gasteiger partial charge in [-0.15, -0.1) is 0 Å². The first kappa shape index (κ1) is 23.2. The van der Waals surface area contributed by atoms with Gasteiger partial charge >= 0.3 is 0 Å². The van der Waals surface area contributed by atoms with Crippen molar-refractivity contribution in [2.24, 2.45) is 0 Å². The van der Waals surface area contributed by atoms with Crippen molar-refractivity contribution in [3.8, 4) is 11.5 Å². The molecule has 0 radical (unpaired) electrons. The Balaban J connectivity index is 1.65. The van der Waals surface area contributed by atoms with E-state index in [1.165, 1.54) is 0 Å². The number of aryl methyl sites for hydroxylation is 2. The molecule has 0 heterocycles. The highest BCUT2D eigenvalue weighted by atomic mass is 16.5. The lowest BCUT2D eigenvalue weighted by Crippen LogP contribution is -2.39. The monoisotopic (exact) mass is 413 g/mol. The molecule has 162 valence electrons. The minimum Gasteiger partial charge on any atom is -0.495 e. The van der Waals surface area contributed by atoms with Crippen LogP contribution in [0.1, 0.15) is 17.5 Å². The molecule has 0 atom stereocenters. The van der Waals surface area contributed by atoms with Crippen LogP contribution in [0.15, 0.2) is 42.5 Å². The highest BCUT2D eigenvalue weighted by Gasteiger charge is 2.11. The van der Waals surface area contributed by atoms with Gasteiger partial charge in [-0.2, -0.15) is 0 Å². The number of anilines is 1. The van der Waals surface area contributed by atoms with Gasteiger partial charge in [-0.05, 0) is 56.6 Å². The summed E-state index contributed by atoms with van der Waals surface area (Å²) >= 11 is 0. The Morgan fingerprint density at radius 2 is 1.80 bits per heavy atom. The van der Waals surface area contributed by atoms with Crippen molar-refractivity contribution in [1.82, 2.24) is 10.2 Å². The Morgan fingerprint density at radius 3 is 2.53 bits per heavy atom. The summed E-state index contributed by atoms with van der Waals surface area (Å²) in [5, 5.41) is 5.41. The molecule has 0 aliphatic carbocycles. The minimum absolute atomic E-state index is 0.0971. The van der Waals surface area contributed by atoms with Gasteiger partial charge < -0.3 is 20.1 Å². The molecule has 0 saturated carbocycles. The molecular formula is C23H31N3O4. The number of benzene rings is 2. The van der Waals surface area contributed by atoms with E-state index in [0.29, 0.717) is 24.6 Å². The fourth-order valence-corrected chi connectivity index (χ4v) is 2.91. The highest BCUT2D eigenvalue weighted by molar-refractivity contribution is 5.96. The van der Waals surface area contributed by atoms with Gasteiger partial charge in [0.25, 0.3) is 0 Å². The summed E-state index contributed by atoms with van der Waals surface area (Å²) in [7, 11) is 3.41. The van der Waals surface area contributed by atoms with Crippen molar-refractivity contribution in [3.63, 3.8) is 0 Å². The van der Waals surface area contributed by atoms with Gasteiger partial charge in [-0.1, -0.05) is 24.3 Å². The fraction of sp³-hybridized carbons (Fsp3) is 0.391. The molecular weight excluding hydrogens is 382 g/mol. The van der Waals surface area contributed by atoms with E-state index in [4.69, 9.17) is 9.47 Å². The van der Waals surface area contributed by atoms with E-state index in [0.717, 1.165) is 23.3 Å². The Hall–Kier alpha value is -3.06. The molecule has 7 heteroatoms. The molecule has 0 spiro atoms. The molecule has 0 aliphatic rings.